The van der Waals surface area contributed by atoms with Gasteiger partial charge in [0, 0.05) is 5.33 Å². The highest BCUT2D eigenvalue weighted by Gasteiger charge is 2.17. The maximum atomic E-state index is 3.50. The third kappa shape index (κ3) is 1.60. The third-order valence-corrected chi connectivity index (χ3v) is 3.64. The number of hydrogen-bond donors (Lipinski definition) is 0. The van der Waals surface area contributed by atoms with Crippen molar-refractivity contribution < 1.29 is 0 Å². The summed E-state index contributed by atoms with van der Waals surface area (Å²) in [5, 5.41) is 1.04. The van der Waals surface area contributed by atoms with E-state index in [-0.39, 0.29) is 0 Å². The van der Waals surface area contributed by atoms with E-state index in [4.69, 9.17) is 0 Å². The Bertz CT molecular complexity index is 529. The Kier molecular flexibility index (Phi) is 2.56. The molecular weight excluding hydrogens is 260 g/mol. The zero-order chi connectivity index (χ0) is 11.0. The van der Waals surface area contributed by atoms with Crippen LogP contribution in [0.1, 0.15) is 16.7 Å². The highest BCUT2D eigenvalue weighted by atomic mass is 79.9. The smallest absolute Gasteiger partial charge is 0.00718 e. The van der Waals surface area contributed by atoms with Gasteiger partial charge in [0.05, 0.1) is 0 Å². The van der Waals surface area contributed by atoms with Gasteiger partial charge in [0.1, 0.15) is 0 Å². The number of hydrogen-bond acceptors (Lipinski definition) is 0. The van der Waals surface area contributed by atoms with Crippen LogP contribution in [0.4, 0.5) is 0 Å². The van der Waals surface area contributed by atoms with Gasteiger partial charge in [0.25, 0.3) is 0 Å². The van der Waals surface area contributed by atoms with E-state index in [1.165, 1.54) is 27.8 Å². The average molecular weight is 273 g/mol. The summed E-state index contributed by atoms with van der Waals surface area (Å²) >= 11 is 3.50. The summed E-state index contributed by atoms with van der Waals surface area (Å²) in [6, 6.07) is 15.6. The predicted octanol–water partition coefficient (Wildman–Crippen LogP) is 4.20. The fourth-order valence-electron chi connectivity index (χ4n) is 2.44. The number of halogens is 1. The molecular formula is C15H13Br. The molecule has 0 saturated heterocycles. The molecule has 0 unspecified atom stereocenters. The topological polar surface area (TPSA) is 0 Å². The van der Waals surface area contributed by atoms with Crippen LogP contribution in [0.5, 0.6) is 0 Å². The largest absolute Gasteiger partial charge is 0.0924 e. The molecule has 80 valence electrons. The van der Waals surface area contributed by atoms with Crippen LogP contribution < -0.4 is 0 Å². The molecule has 0 aromatic heterocycles. The van der Waals surface area contributed by atoms with Crippen LogP contribution in [0.2, 0.25) is 0 Å². The summed E-state index contributed by atoms with van der Waals surface area (Å²) in [7, 11) is 0. The standard InChI is InChI=1S/C15H13Br/c16-8-7-11-5-6-13-10-12-3-1-2-4-14(12)15(13)9-11/h1-6,9H,7-8,10H2. The molecule has 0 saturated carbocycles. The van der Waals surface area contributed by atoms with Crippen molar-refractivity contribution in [2.75, 3.05) is 5.33 Å². The van der Waals surface area contributed by atoms with E-state index in [0.29, 0.717) is 0 Å². The van der Waals surface area contributed by atoms with E-state index in [9.17, 15) is 0 Å². The monoisotopic (exact) mass is 272 g/mol. The summed E-state index contributed by atoms with van der Waals surface area (Å²) in [5.41, 5.74) is 7.23. The van der Waals surface area contributed by atoms with Gasteiger partial charge in [0.2, 0.25) is 0 Å². The lowest BCUT2D eigenvalue weighted by Crippen LogP contribution is -1.87. The minimum absolute atomic E-state index is 1.04. The van der Waals surface area contributed by atoms with Crippen molar-refractivity contribution in [3.63, 3.8) is 0 Å². The number of fused-ring (bicyclic) bond motifs is 3. The van der Waals surface area contributed by atoms with Crippen molar-refractivity contribution in [2.24, 2.45) is 0 Å². The van der Waals surface area contributed by atoms with Gasteiger partial charge < -0.3 is 0 Å². The lowest BCUT2D eigenvalue weighted by Gasteiger charge is -2.04. The molecule has 2 aromatic carbocycles. The number of aryl methyl sites for hydroxylation is 1. The van der Waals surface area contributed by atoms with E-state index in [1.807, 2.05) is 0 Å². The highest BCUT2D eigenvalue weighted by molar-refractivity contribution is 9.09. The maximum absolute atomic E-state index is 3.50. The SMILES string of the molecule is BrCCc1ccc2c(c1)-c1ccccc1C2. The van der Waals surface area contributed by atoms with E-state index in [0.717, 1.165) is 18.2 Å². The van der Waals surface area contributed by atoms with Crippen LogP contribution in [-0.4, -0.2) is 5.33 Å². The van der Waals surface area contributed by atoms with E-state index in [1.54, 1.807) is 0 Å². The van der Waals surface area contributed by atoms with Gasteiger partial charge in [-0.25, -0.2) is 0 Å². The Labute approximate surface area is 104 Å². The van der Waals surface area contributed by atoms with Crippen molar-refractivity contribution in [1.29, 1.82) is 0 Å². The first-order valence-electron chi connectivity index (χ1n) is 5.64. The van der Waals surface area contributed by atoms with Crippen LogP contribution in [0.25, 0.3) is 11.1 Å². The van der Waals surface area contributed by atoms with Crippen LogP contribution in [0.3, 0.4) is 0 Å². The number of benzene rings is 2. The van der Waals surface area contributed by atoms with Crippen molar-refractivity contribution in [3.8, 4) is 11.1 Å². The number of rotatable bonds is 2. The van der Waals surface area contributed by atoms with E-state index < -0.39 is 0 Å². The molecule has 0 amide bonds. The zero-order valence-electron chi connectivity index (χ0n) is 9.04. The summed E-state index contributed by atoms with van der Waals surface area (Å²) < 4.78 is 0. The van der Waals surface area contributed by atoms with Gasteiger partial charge in [-0.15, -0.1) is 0 Å². The van der Waals surface area contributed by atoms with Crippen molar-refractivity contribution >= 4 is 15.9 Å². The second-order valence-corrected chi connectivity index (χ2v) is 5.06. The molecule has 2 aromatic rings. The van der Waals surface area contributed by atoms with Gasteiger partial charge in [0.15, 0.2) is 0 Å². The van der Waals surface area contributed by atoms with Crippen LogP contribution >= 0.6 is 15.9 Å². The Morgan fingerprint density at radius 3 is 2.62 bits per heavy atom. The maximum Gasteiger partial charge on any atom is 0.00718 e. The highest BCUT2D eigenvalue weighted by Crippen LogP contribution is 2.36. The van der Waals surface area contributed by atoms with Gasteiger partial charge in [-0.1, -0.05) is 58.4 Å². The van der Waals surface area contributed by atoms with Crippen molar-refractivity contribution in [3.05, 3.63) is 59.2 Å². The molecule has 0 heterocycles. The van der Waals surface area contributed by atoms with Gasteiger partial charge in [-0.3, -0.25) is 0 Å². The third-order valence-electron chi connectivity index (χ3n) is 3.25. The lowest BCUT2D eigenvalue weighted by molar-refractivity contribution is 1.16. The molecule has 0 radical (unpaired) electrons. The predicted molar refractivity (Wildman–Crippen MR) is 72.2 cm³/mol. The second kappa shape index (κ2) is 4.06. The molecule has 0 bridgehead atoms. The molecule has 16 heavy (non-hydrogen) atoms. The summed E-state index contributed by atoms with van der Waals surface area (Å²) in [6.45, 7) is 0. The molecule has 3 rings (SSSR count). The Balaban J connectivity index is 2.11. The van der Waals surface area contributed by atoms with Crippen molar-refractivity contribution in [1.82, 2.24) is 0 Å². The first-order chi connectivity index (χ1) is 7.88. The molecule has 0 N–H and O–H groups in total. The van der Waals surface area contributed by atoms with Crippen LogP contribution in [-0.2, 0) is 12.8 Å². The quantitative estimate of drug-likeness (QED) is 0.614. The molecule has 1 aliphatic carbocycles. The van der Waals surface area contributed by atoms with E-state index in [2.05, 4.69) is 58.4 Å². The Morgan fingerprint density at radius 1 is 0.938 bits per heavy atom. The number of alkyl halides is 1. The molecule has 0 fully saturated rings. The molecule has 0 nitrogen and oxygen atoms in total. The molecule has 1 heteroatoms. The average Bonchev–Trinajstić information content (AvgIpc) is 2.68. The first-order valence-corrected chi connectivity index (χ1v) is 6.76. The second-order valence-electron chi connectivity index (χ2n) is 4.26. The lowest BCUT2D eigenvalue weighted by atomic mass is 10.0. The normalized spacial score (nSPS) is 12.3. The molecule has 0 atom stereocenters. The fraction of sp³-hybridized carbons (Fsp3) is 0.200. The van der Waals surface area contributed by atoms with Crippen LogP contribution in [0.15, 0.2) is 42.5 Å². The minimum atomic E-state index is 1.04. The molecule has 0 spiro atoms. The zero-order valence-corrected chi connectivity index (χ0v) is 10.6. The molecule has 0 aliphatic heterocycles. The van der Waals surface area contributed by atoms with Crippen LogP contribution in [0, 0.1) is 0 Å². The summed E-state index contributed by atoms with van der Waals surface area (Å²) in [6.07, 6.45) is 2.20. The summed E-state index contributed by atoms with van der Waals surface area (Å²) in [4.78, 5) is 0. The Morgan fingerprint density at radius 2 is 1.75 bits per heavy atom. The minimum Gasteiger partial charge on any atom is -0.0924 e. The fourth-order valence-corrected chi connectivity index (χ4v) is 2.89. The van der Waals surface area contributed by atoms with Gasteiger partial charge in [-0.2, -0.15) is 0 Å². The first kappa shape index (κ1) is 10.1. The Hall–Kier alpha value is -1.08. The summed E-state index contributed by atoms with van der Waals surface area (Å²) in [5.74, 6) is 0. The van der Waals surface area contributed by atoms with E-state index >= 15 is 0 Å². The van der Waals surface area contributed by atoms with Crippen molar-refractivity contribution in [2.45, 2.75) is 12.8 Å². The van der Waals surface area contributed by atoms with Gasteiger partial charge >= 0.3 is 0 Å². The van der Waals surface area contributed by atoms with Gasteiger partial charge in [-0.05, 0) is 40.7 Å². The molecule has 1 aliphatic rings.